The van der Waals surface area contributed by atoms with E-state index in [0.717, 1.165) is 22.3 Å². The molecular weight excluding hydrogens is 903 g/mol. The zero-order chi connectivity index (χ0) is 50.2. The molecule has 1 saturated heterocycles. The molecule has 2 aliphatic rings. The van der Waals surface area contributed by atoms with Crippen LogP contribution in [0.5, 0.6) is 5.75 Å². The van der Waals surface area contributed by atoms with Crippen molar-refractivity contribution in [1.29, 1.82) is 0 Å². The van der Waals surface area contributed by atoms with Crippen LogP contribution in [0.1, 0.15) is 89.7 Å². The number of rotatable bonds is 27. The fraction of sp³-hybridized carbons (Fsp3) is 0.604. The van der Waals surface area contributed by atoms with Crippen LogP contribution in [-0.2, 0) is 74.8 Å². The topological polar surface area (TPSA) is 208 Å². The first-order valence-electron chi connectivity index (χ1n) is 23.9. The number of methoxy groups -OCH3 is 1. The number of carbonyl (C=O) groups excluding carboxylic acids is 5. The summed E-state index contributed by atoms with van der Waals surface area (Å²) in [6, 6.07) is 12.7. The summed E-state index contributed by atoms with van der Waals surface area (Å²) in [6.45, 7) is 19.2. The molecule has 2 amide bonds. The number of epoxide rings is 1. The molecule has 17 heteroatoms. The lowest BCUT2D eigenvalue weighted by molar-refractivity contribution is -0.179. The average molecular weight is 982 g/mol. The summed E-state index contributed by atoms with van der Waals surface area (Å²) in [6.07, 6.45) is 2.87. The summed E-state index contributed by atoms with van der Waals surface area (Å²) in [7, 11) is 1.59. The Morgan fingerprint density at radius 1 is 0.900 bits per heavy atom. The highest BCUT2D eigenvalue weighted by atomic mass is 16.6. The van der Waals surface area contributed by atoms with E-state index in [0.29, 0.717) is 65.1 Å². The van der Waals surface area contributed by atoms with Crippen LogP contribution in [0, 0.1) is 24.2 Å². The number of esters is 3. The van der Waals surface area contributed by atoms with Gasteiger partial charge in [0, 0.05) is 38.4 Å². The molecule has 0 bridgehead atoms. The van der Waals surface area contributed by atoms with Crippen molar-refractivity contribution < 1.29 is 66.6 Å². The van der Waals surface area contributed by atoms with E-state index in [4.69, 9.17) is 42.6 Å². The molecule has 70 heavy (non-hydrogen) atoms. The molecule has 17 nitrogen and oxygen atoms in total. The summed E-state index contributed by atoms with van der Waals surface area (Å²) < 4.78 is 50.5. The van der Waals surface area contributed by atoms with Crippen molar-refractivity contribution in [3.63, 3.8) is 0 Å². The van der Waals surface area contributed by atoms with Crippen molar-refractivity contribution in [2.75, 3.05) is 79.7 Å². The van der Waals surface area contributed by atoms with Crippen LogP contribution in [-0.4, -0.2) is 134 Å². The molecule has 4 rings (SSSR count). The molecule has 390 valence electrons. The molecule has 0 spiro atoms. The SMILES string of the molecule is C.C=CCOC(=O)CCOCCOCCOCCOCCNCc1ccc(C2OC2[C@@H](C)[C@@H]2C/C=C/C(=O)N[C@H](Cc3ccc(OC)c(C)c3)C(=O)NCC(C)(C)C(=O)O[C@@H](CC(C)C)C(=O)O2)cc1. The monoisotopic (exact) mass is 982 g/mol. The standard InChI is InChI=1S/C52H75N3O14.CH4/c1-9-21-66-46(57)19-22-62-24-26-64-28-29-65-27-25-63-23-20-53-33-38-13-16-40(17-14-38)48-47(69-48)37(5)43-11-10-12-45(56)55-41(32-39-15-18-42(61-8)36(4)31-39)49(58)54-34-52(6,7)51(60)68-44(30-35(2)3)50(59)67-43;/h9-10,12-18,31,35,37,41,43-44,47-48,53H,1,11,19-30,32-34H2,2-8H3,(H,54,58)(H,55,56);1H4/b12-10+;/t37-,41+,43-,44-,47?,48?;/m0./s1. The van der Waals surface area contributed by atoms with Gasteiger partial charge in [0.2, 0.25) is 11.8 Å². The number of hydrogen-bond donors (Lipinski definition) is 3. The van der Waals surface area contributed by atoms with E-state index in [-0.39, 0.29) is 82.9 Å². The minimum Gasteiger partial charge on any atom is -0.496 e. The van der Waals surface area contributed by atoms with Gasteiger partial charge in [-0.2, -0.15) is 0 Å². The highest BCUT2D eigenvalue weighted by Gasteiger charge is 2.48. The Kier molecular flexibility index (Phi) is 26.4. The maximum Gasteiger partial charge on any atom is 0.347 e. The van der Waals surface area contributed by atoms with Crippen molar-refractivity contribution in [2.45, 2.75) is 112 Å². The molecule has 2 heterocycles. The number of cyclic esters (lactones) is 2. The van der Waals surface area contributed by atoms with Gasteiger partial charge in [-0.05, 0) is 67.5 Å². The number of carbonyl (C=O) groups is 5. The molecule has 2 aromatic carbocycles. The van der Waals surface area contributed by atoms with Crippen LogP contribution in [0.25, 0.3) is 0 Å². The molecule has 6 atom stereocenters. The zero-order valence-electron chi connectivity index (χ0n) is 41.6. The fourth-order valence-corrected chi connectivity index (χ4v) is 7.40. The van der Waals surface area contributed by atoms with Gasteiger partial charge in [-0.25, -0.2) is 4.79 Å². The third kappa shape index (κ3) is 21.0. The minimum atomic E-state index is -1.21. The second-order valence-corrected chi connectivity index (χ2v) is 18.3. The quantitative estimate of drug-likeness (QED) is 0.0323. The molecule has 1 fully saturated rings. The number of aryl methyl sites for hydroxylation is 1. The Labute approximate surface area is 415 Å². The van der Waals surface area contributed by atoms with Crippen LogP contribution >= 0.6 is 0 Å². The Hall–Kier alpha value is -5.17. The summed E-state index contributed by atoms with van der Waals surface area (Å²) in [5, 5.41) is 9.03. The molecule has 0 radical (unpaired) electrons. The van der Waals surface area contributed by atoms with Crippen molar-refractivity contribution in [3.05, 3.63) is 89.5 Å². The van der Waals surface area contributed by atoms with Crippen LogP contribution in [0.15, 0.2) is 67.3 Å². The van der Waals surface area contributed by atoms with Gasteiger partial charge in [0.05, 0.1) is 77.9 Å². The van der Waals surface area contributed by atoms with Crippen molar-refractivity contribution >= 4 is 29.7 Å². The third-order valence-electron chi connectivity index (χ3n) is 11.5. The minimum absolute atomic E-state index is 0. The lowest BCUT2D eigenvalue weighted by Gasteiger charge is -2.29. The van der Waals surface area contributed by atoms with Crippen LogP contribution in [0.2, 0.25) is 0 Å². The maximum atomic E-state index is 13.9. The van der Waals surface area contributed by atoms with Crippen LogP contribution < -0.4 is 20.7 Å². The summed E-state index contributed by atoms with van der Waals surface area (Å²) in [4.78, 5) is 65.9. The molecule has 3 N–H and O–H groups in total. The van der Waals surface area contributed by atoms with Gasteiger partial charge in [-0.1, -0.05) is 83.3 Å². The van der Waals surface area contributed by atoms with E-state index in [1.807, 2.05) is 70.2 Å². The van der Waals surface area contributed by atoms with Gasteiger partial charge >= 0.3 is 17.9 Å². The van der Waals surface area contributed by atoms with E-state index in [1.165, 1.54) is 12.2 Å². The highest BCUT2D eigenvalue weighted by Crippen LogP contribution is 2.45. The second-order valence-electron chi connectivity index (χ2n) is 18.3. The number of hydrogen-bond acceptors (Lipinski definition) is 15. The second kappa shape index (κ2) is 31.2. The van der Waals surface area contributed by atoms with Crippen molar-refractivity contribution in [2.24, 2.45) is 17.3 Å². The zero-order valence-corrected chi connectivity index (χ0v) is 41.6. The largest absolute Gasteiger partial charge is 0.496 e. The summed E-state index contributed by atoms with van der Waals surface area (Å²) in [5.74, 6) is -2.23. The van der Waals surface area contributed by atoms with E-state index in [1.54, 1.807) is 27.0 Å². The van der Waals surface area contributed by atoms with Gasteiger partial charge in [0.1, 0.15) is 30.6 Å². The molecule has 2 aromatic rings. The maximum absolute atomic E-state index is 13.9. The van der Waals surface area contributed by atoms with Crippen molar-refractivity contribution in [3.8, 4) is 5.75 Å². The first-order chi connectivity index (χ1) is 33.1. The Balaban J connectivity index is 0.0000130. The molecule has 0 aromatic heterocycles. The van der Waals surface area contributed by atoms with Crippen LogP contribution in [0.4, 0.5) is 0 Å². The van der Waals surface area contributed by atoms with Gasteiger partial charge in [-0.15, -0.1) is 0 Å². The normalized spacial score (nSPS) is 21.6. The number of ether oxygens (including phenoxy) is 9. The Bertz CT molecular complexity index is 1970. The first-order valence-corrected chi connectivity index (χ1v) is 23.9. The lowest BCUT2D eigenvalue weighted by atomic mass is 9.92. The molecule has 0 saturated carbocycles. The fourth-order valence-electron chi connectivity index (χ4n) is 7.40. The lowest BCUT2D eigenvalue weighted by Crippen LogP contribution is -2.51. The number of amides is 2. The molecule has 0 aliphatic carbocycles. The molecular formula is C53H79N3O14. The van der Waals surface area contributed by atoms with E-state index < -0.39 is 47.4 Å². The van der Waals surface area contributed by atoms with Gasteiger partial charge in [0.25, 0.3) is 0 Å². The first kappa shape index (κ1) is 59.1. The number of nitrogens with one attached hydrogen (secondary N) is 3. The van der Waals surface area contributed by atoms with E-state index >= 15 is 0 Å². The third-order valence-corrected chi connectivity index (χ3v) is 11.5. The van der Waals surface area contributed by atoms with E-state index in [2.05, 4.69) is 22.5 Å². The highest BCUT2D eigenvalue weighted by molar-refractivity contribution is 5.93. The number of benzene rings is 2. The predicted octanol–water partition coefficient (Wildman–Crippen LogP) is 5.69. The van der Waals surface area contributed by atoms with Crippen molar-refractivity contribution in [1.82, 2.24) is 16.0 Å². The van der Waals surface area contributed by atoms with Gasteiger partial charge in [-0.3, -0.25) is 19.2 Å². The summed E-state index contributed by atoms with van der Waals surface area (Å²) >= 11 is 0. The van der Waals surface area contributed by atoms with Crippen LogP contribution in [0.3, 0.4) is 0 Å². The smallest absolute Gasteiger partial charge is 0.347 e. The van der Waals surface area contributed by atoms with Gasteiger partial charge < -0.3 is 58.6 Å². The Morgan fingerprint density at radius 2 is 1.54 bits per heavy atom. The molecule has 2 aliphatic heterocycles. The Morgan fingerprint density at radius 3 is 2.17 bits per heavy atom. The average Bonchev–Trinajstić information content (AvgIpc) is 4.12. The summed E-state index contributed by atoms with van der Waals surface area (Å²) in [5.41, 5.74) is 2.55. The van der Waals surface area contributed by atoms with E-state index in [9.17, 15) is 24.0 Å². The predicted molar refractivity (Wildman–Crippen MR) is 264 cm³/mol. The molecule has 2 unspecified atom stereocenters. The van der Waals surface area contributed by atoms with Gasteiger partial charge in [0.15, 0.2) is 6.10 Å².